The van der Waals surface area contributed by atoms with Crippen molar-refractivity contribution < 1.29 is 13.9 Å². The Labute approximate surface area is 156 Å². The molecular formula is C18H23FN4O2S. The number of nitrogens with zero attached hydrogens (tertiary/aromatic N) is 3. The highest BCUT2D eigenvalue weighted by Gasteiger charge is 2.21. The lowest BCUT2D eigenvalue weighted by Gasteiger charge is -2.36. The summed E-state index contributed by atoms with van der Waals surface area (Å²) < 4.78 is 18.0. The maximum absolute atomic E-state index is 13.0. The molecule has 1 N–H and O–H groups in total. The van der Waals surface area contributed by atoms with Crippen LogP contribution in [-0.2, 0) is 4.74 Å². The zero-order valence-electron chi connectivity index (χ0n) is 14.8. The van der Waals surface area contributed by atoms with Gasteiger partial charge in [-0.2, -0.15) is 0 Å². The van der Waals surface area contributed by atoms with Gasteiger partial charge in [0.25, 0.3) is 5.91 Å². The van der Waals surface area contributed by atoms with Crippen LogP contribution >= 0.6 is 11.3 Å². The van der Waals surface area contributed by atoms with Crippen LogP contribution in [0.1, 0.15) is 16.9 Å². The number of aromatic nitrogens is 1. The molecule has 140 valence electrons. The topological polar surface area (TPSA) is 57.7 Å². The Hall–Kier alpha value is -2.19. The summed E-state index contributed by atoms with van der Waals surface area (Å²) in [6.07, 6.45) is 0.782. The number of hydrogen-bond acceptors (Lipinski definition) is 6. The molecule has 6 nitrogen and oxygen atoms in total. The van der Waals surface area contributed by atoms with E-state index in [0.29, 0.717) is 18.8 Å². The lowest BCUT2D eigenvalue weighted by atomic mass is 10.2. The van der Waals surface area contributed by atoms with Gasteiger partial charge in [0.2, 0.25) is 0 Å². The number of benzene rings is 1. The highest BCUT2D eigenvalue weighted by atomic mass is 32.1. The van der Waals surface area contributed by atoms with Crippen molar-refractivity contribution in [2.45, 2.75) is 6.42 Å². The first-order chi connectivity index (χ1) is 12.7. The van der Waals surface area contributed by atoms with Crippen molar-refractivity contribution in [2.75, 3.05) is 56.2 Å². The molecule has 1 aromatic carbocycles. The molecule has 1 aliphatic heterocycles. The maximum atomic E-state index is 13.0. The number of amides is 1. The van der Waals surface area contributed by atoms with Crippen LogP contribution in [0.4, 0.5) is 15.2 Å². The quantitative estimate of drug-likeness (QED) is 0.750. The van der Waals surface area contributed by atoms with E-state index in [9.17, 15) is 9.18 Å². The summed E-state index contributed by atoms with van der Waals surface area (Å²) in [7, 11) is 1.64. The molecule has 0 unspecified atom stereocenters. The van der Waals surface area contributed by atoms with E-state index < -0.39 is 0 Å². The van der Waals surface area contributed by atoms with Crippen LogP contribution in [0.25, 0.3) is 0 Å². The Morgan fingerprint density at radius 3 is 2.62 bits per heavy atom. The molecule has 1 saturated heterocycles. The van der Waals surface area contributed by atoms with Crippen LogP contribution in [0.3, 0.4) is 0 Å². The molecular weight excluding hydrogens is 355 g/mol. The predicted octanol–water partition coefficient (Wildman–Crippen LogP) is 2.38. The van der Waals surface area contributed by atoms with E-state index in [-0.39, 0.29) is 11.7 Å². The lowest BCUT2D eigenvalue weighted by Crippen LogP contribution is -2.46. The Balaban J connectivity index is 1.51. The van der Waals surface area contributed by atoms with E-state index in [1.165, 1.54) is 23.5 Å². The van der Waals surface area contributed by atoms with Gasteiger partial charge in [-0.15, -0.1) is 11.3 Å². The van der Waals surface area contributed by atoms with Gasteiger partial charge in [0.15, 0.2) is 5.13 Å². The Morgan fingerprint density at radius 1 is 1.23 bits per heavy atom. The summed E-state index contributed by atoms with van der Waals surface area (Å²) in [4.78, 5) is 21.0. The van der Waals surface area contributed by atoms with Gasteiger partial charge in [-0.25, -0.2) is 9.37 Å². The van der Waals surface area contributed by atoms with Gasteiger partial charge in [-0.05, 0) is 30.7 Å². The third-order valence-electron chi connectivity index (χ3n) is 4.28. The first kappa shape index (κ1) is 18.6. The average Bonchev–Trinajstić information content (AvgIpc) is 3.16. The minimum atomic E-state index is -0.219. The number of rotatable bonds is 7. The standard InChI is InChI=1S/C18H23FN4O2S/c1-25-12-2-7-20-17(24)16-13-26-18(21-16)23-10-8-22(9-11-23)15-5-3-14(19)4-6-15/h3-6,13H,2,7-12H2,1H3,(H,20,24). The van der Waals surface area contributed by atoms with Crippen molar-refractivity contribution in [3.05, 3.63) is 41.2 Å². The van der Waals surface area contributed by atoms with Crippen molar-refractivity contribution in [2.24, 2.45) is 0 Å². The van der Waals surface area contributed by atoms with Gasteiger partial charge in [-0.1, -0.05) is 0 Å². The normalized spacial score (nSPS) is 14.5. The fourth-order valence-corrected chi connectivity index (χ4v) is 3.69. The third-order valence-corrected chi connectivity index (χ3v) is 5.18. The summed E-state index contributed by atoms with van der Waals surface area (Å²) in [5, 5.41) is 5.52. The maximum Gasteiger partial charge on any atom is 0.270 e. The highest BCUT2D eigenvalue weighted by Crippen LogP contribution is 2.24. The monoisotopic (exact) mass is 378 g/mol. The number of nitrogens with one attached hydrogen (secondary N) is 1. The number of hydrogen-bond donors (Lipinski definition) is 1. The van der Waals surface area contributed by atoms with Gasteiger partial charge < -0.3 is 19.9 Å². The zero-order chi connectivity index (χ0) is 18.4. The number of anilines is 2. The molecule has 1 amide bonds. The SMILES string of the molecule is COCCCNC(=O)c1csc(N2CCN(c3ccc(F)cc3)CC2)n1. The number of piperazine rings is 1. The Bertz CT molecular complexity index is 714. The number of halogens is 1. The first-order valence-corrected chi connectivity index (χ1v) is 9.53. The molecule has 0 bridgehead atoms. The summed E-state index contributed by atoms with van der Waals surface area (Å²) in [5.74, 6) is -0.364. The molecule has 1 aromatic heterocycles. The van der Waals surface area contributed by atoms with Gasteiger partial charge in [0.05, 0.1) is 0 Å². The van der Waals surface area contributed by atoms with Gasteiger partial charge >= 0.3 is 0 Å². The molecule has 26 heavy (non-hydrogen) atoms. The largest absolute Gasteiger partial charge is 0.385 e. The van der Waals surface area contributed by atoms with Crippen LogP contribution in [0.5, 0.6) is 0 Å². The van der Waals surface area contributed by atoms with Gasteiger partial charge in [0.1, 0.15) is 11.5 Å². The number of carbonyl (C=O) groups excluding carboxylic acids is 1. The molecule has 0 spiro atoms. The van der Waals surface area contributed by atoms with Crippen molar-refractivity contribution in [1.29, 1.82) is 0 Å². The molecule has 1 fully saturated rings. The Morgan fingerprint density at radius 2 is 1.92 bits per heavy atom. The number of ether oxygens (including phenoxy) is 1. The summed E-state index contributed by atoms with van der Waals surface area (Å²) in [6.45, 7) is 4.52. The molecule has 3 rings (SSSR count). The molecule has 0 saturated carbocycles. The van der Waals surface area contributed by atoms with Gasteiger partial charge in [0, 0.05) is 57.5 Å². The summed E-state index contributed by atoms with van der Waals surface area (Å²) in [5.41, 5.74) is 1.49. The zero-order valence-corrected chi connectivity index (χ0v) is 15.6. The minimum absolute atomic E-state index is 0.145. The van der Waals surface area contributed by atoms with Crippen LogP contribution in [0.15, 0.2) is 29.6 Å². The molecule has 0 radical (unpaired) electrons. The van der Waals surface area contributed by atoms with Crippen molar-refractivity contribution in [3.8, 4) is 0 Å². The van der Waals surface area contributed by atoms with Crippen LogP contribution in [0.2, 0.25) is 0 Å². The van der Waals surface area contributed by atoms with E-state index in [2.05, 4.69) is 20.1 Å². The third kappa shape index (κ3) is 4.70. The van der Waals surface area contributed by atoms with Crippen LogP contribution in [-0.4, -0.2) is 57.3 Å². The molecule has 8 heteroatoms. The molecule has 0 atom stereocenters. The highest BCUT2D eigenvalue weighted by molar-refractivity contribution is 7.13. The second-order valence-corrected chi connectivity index (χ2v) is 6.90. The molecule has 1 aliphatic rings. The first-order valence-electron chi connectivity index (χ1n) is 8.65. The van der Waals surface area contributed by atoms with Crippen molar-refractivity contribution in [1.82, 2.24) is 10.3 Å². The Kier molecular flexibility index (Phi) is 6.40. The minimum Gasteiger partial charge on any atom is -0.385 e. The summed E-state index contributed by atoms with van der Waals surface area (Å²) in [6, 6.07) is 6.58. The van der Waals surface area contributed by atoms with E-state index >= 15 is 0 Å². The summed E-state index contributed by atoms with van der Waals surface area (Å²) >= 11 is 1.49. The second kappa shape index (κ2) is 8.95. The van der Waals surface area contributed by atoms with Crippen molar-refractivity contribution >= 4 is 28.1 Å². The van der Waals surface area contributed by atoms with Gasteiger partial charge in [-0.3, -0.25) is 4.79 Å². The van der Waals surface area contributed by atoms with E-state index in [1.54, 1.807) is 24.6 Å². The predicted molar refractivity (Wildman–Crippen MR) is 102 cm³/mol. The number of carbonyl (C=O) groups is 1. The average molecular weight is 378 g/mol. The fraction of sp³-hybridized carbons (Fsp3) is 0.444. The number of methoxy groups -OCH3 is 1. The fourth-order valence-electron chi connectivity index (χ4n) is 2.83. The smallest absolute Gasteiger partial charge is 0.270 e. The molecule has 2 aromatic rings. The van der Waals surface area contributed by atoms with E-state index in [4.69, 9.17) is 4.74 Å². The van der Waals surface area contributed by atoms with Crippen molar-refractivity contribution in [3.63, 3.8) is 0 Å². The second-order valence-electron chi connectivity index (χ2n) is 6.07. The van der Waals surface area contributed by atoms with Crippen LogP contribution in [0, 0.1) is 5.82 Å². The van der Waals surface area contributed by atoms with Crippen LogP contribution < -0.4 is 15.1 Å². The molecule has 0 aliphatic carbocycles. The number of thiazole rings is 1. The molecule has 2 heterocycles. The van der Waals surface area contributed by atoms with E-state index in [1.807, 2.05) is 0 Å². The van der Waals surface area contributed by atoms with E-state index in [0.717, 1.165) is 43.4 Å². The lowest BCUT2D eigenvalue weighted by molar-refractivity contribution is 0.0944.